The summed E-state index contributed by atoms with van der Waals surface area (Å²) < 4.78 is 14.7. The van der Waals surface area contributed by atoms with Crippen LogP contribution in [0, 0.1) is 3.77 Å². The van der Waals surface area contributed by atoms with Crippen LogP contribution in [0.3, 0.4) is 0 Å². The van der Waals surface area contributed by atoms with Gasteiger partial charge in [0.25, 0.3) is 5.56 Å². The van der Waals surface area contributed by atoms with E-state index < -0.39 is 12.0 Å². The number of esters is 1. The van der Waals surface area contributed by atoms with Gasteiger partial charge in [-0.05, 0) is 46.8 Å². The van der Waals surface area contributed by atoms with Gasteiger partial charge in [-0.1, -0.05) is 30.7 Å². The van der Waals surface area contributed by atoms with Crippen LogP contribution in [0.25, 0.3) is 6.08 Å². The molecule has 0 aromatic carbocycles. The van der Waals surface area contributed by atoms with E-state index >= 15 is 0 Å². The molecule has 3 aromatic rings. The topological polar surface area (TPSA) is 73.8 Å². The van der Waals surface area contributed by atoms with Crippen molar-refractivity contribution < 1.29 is 13.9 Å². The maximum Gasteiger partial charge on any atom is 0.338 e. The Morgan fingerprint density at radius 3 is 2.87 bits per heavy atom. The van der Waals surface area contributed by atoms with Crippen LogP contribution in [0.5, 0.6) is 0 Å². The van der Waals surface area contributed by atoms with Gasteiger partial charge in [-0.2, -0.15) is 0 Å². The molecule has 0 N–H and O–H groups in total. The van der Waals surface area contributed by atoms with Crippen molar-refractivity contribution in [2.45, 2.75) is 32.7 Å². The van der Waals surface area contributed by atoms with E-state index in [1.54, 1.807) is 17.6 Å². The van der Waals surface area contributed by atoms with Gasteiger partial charge in [0, 0.05) is 33.5 Å². The molecule has 162 valence electrons. The molecular formula is C21H18BrIN2O4S2. The Bertz CT molecular complexity index is 1320. The second kappa shape index (κ2) is 9.55. The van der Waals surface area contributed by atoms with E-state index in [1.807, 2.05) is 30.5 Å². The lowest BCUT2D eigenvalue weighted by atomic mass is 9.99. The van der Waals surface area contributed by atoms with E-state index in [0.29, 0.717) is 36.6 Å². The number of nitrogens with zero attached hydrogens (tertiary/aromatic N) is 2. The van der Waals surface area contributed by atoms with Gasteiger partial charge in [0.15, 0.2) is 8.57 Å². The Kier molecular flexibility index (Phi) is 6.99. The van der Waals surface area contributed by atoms with Crippen molar-refractivity contribution in [2.24, 2.45) is 4.99 Å². The highest BCUT2D eigenvalue weighted by Gasteiger charge is 2.34. The summed E-state index contributed by atoms with van der Waals surface area (Å²) in [5.41, 5.74) is 0.921. The first-order chi connectivity index (χ1) is 14.9. The van der Waals surface area contributed by atoms with Crippen LogP contribution in [0.1, 0.15) is 43.4 Å². The summed E-state index contributed by atoms with van der Waals surface area (Å²) >= 11 is 8.32. The number of thiophene rings is 1. The predicted molar refractivity (Wildman–Crippen MR) is 133 cm³/mol. The molecule has 4 heterocycles. The van der Waals surface area contributed by atoms with Gasteiger partial charge in [0.2, 0.25) is 0 Å². The van der Waals surface area contributed by atoms with Gasteiger partial charge in [0.05, 0.1) is 26.9 Å². The zero-order valence-electron chi connectivity index (χ0n) is 16.7. The van der Waals surface area contributed by atoms with Crippen LogP contribution in [-0.4, -0.2) is 17.1 Å². The van der Waals surface area contributed by atoms with Crippen molar-refractivity contribution in [3.05, 3.63) is 73.4 Å². The third-order valence-electron chi connectivity index (χ3n) is 4.64. The molecule has 0 aliphatic carbocycles. The van der Waals surface area contributed by atoms with Gasteiger partial charge < -0.3 is 9.15 Å². The summed E-state index contributed by atoms with van der Waals surface area (Å²) in [6, 6.07) is 5.12. The molecule has 3 aromatic heterocycles. The van der Waals surface area contributed by atoms with E-state index in [1.165, 1.54) is 22.7 Å². The average molecular weight is 633 g/mol. The van der Waals surface area contributed by atoms with Crippen molar-refractivity contribution in [1.82, 2.24) is 4.57 Å². The smallest absolute Gasteiger partial charge is 0.338 e. The number of thiazole rings is 1. The molecule has 1 aliphatic rings. The Balaban J connectivity index is 1.97. The van der Waals surface area contributed by atoms with Crippen LogP contribution in [-0.2, 0) is 9.53 Å². The van der Waals surface area contributed by atoms with Crippen molar-refractivity contribution in [2.75, 3.05) is 6.61 Å². The van der Waals surface area contributed by atoms with E-state index in [0.717, 1.165) is 15.8 Å². The number of rotatable bonds is 6. The first-order valence-electron chi connectivity index (χ1n) is 9.64. The third-order valence-corrected chi connectivity index (χ3v) is 8.68. The van der Waals surface area contributed by atoms with Crippen LogP contribution < -0.4 is 14.9 Å². The molecule has 0 bridgehead atoms. The van der Waals surface area contributed by atoms with Crippen LogP contribution in [0.2, 0.25) is 0 Å². The fraction of sp³-hybridized carbons (Fsp3) is 0.286. The van der Waals surface area contributed by atoms with E-state index in [4.69, 9.17) is 14.1 Å². The molecule has 10 heteroatoms. The zero-order chi connectivity index (χ0) is 22.1. The molecule has 0 saturated heterocycles. The minimum Gasteiger partial charge on any atom is -0.463 e. The summed E-state index contributed by atoms with van der Waals surface area (Å²) in [6.07, 6.45) is 3.17. The molecule has 0 spiro atoms. The highest BCUT2D eigenvalue weighted by atomic mass is 127. The zero-order valence-corrected chi connectivity index (χ0v) is 22.1. The lowest BCUT2D eigenvalue weighted by Crippen LogP contribution is -2.39. The molecule has 4 rings (SSSR count). The number of carbonyl (C=O) groups excluding carboxylic acids is 1. The summed E-state index contributed by atoms with van der Waals surface area (Å²) in [5.74, 6) is 0.152. The SMILES string of the molecule is CCCC1=C(C(=O)OCC)[C@@H](c2cccs2)n2c(s/c(=C/c3cc(Br)c(I)o3)c2=O)=N1. The van der Waals surface area contributed by atoms with Gasteiger partial charge >= 0.3 is 5.97 Å². The second-order valence-electron chi connectivity index (χ2n) is 6.70. The van der Waals surface area contributed by atoms with E-state index in [9.17, 15) is 9.59 Å². The van der Waals surface area contributed by atoms with Crippen LogP contribution in [0.4, 0.5) is 0 Å². The summed E-state index contributed by atoms with van der Waals surface area (Å²) in [7, 11) is 0. The fourth-order valence-corrected chi connectivity index (χ4v) is 5.94. The maximum absolute atomic E-state index is 13.5. The van der Waals surface area contributed by atoms with Crippen LogP contribution >= 0.6 is 61.2 Å². The Labute approximate surface area is 208 Å². The quantitative estimate of drug-likeness (QED) is 0.294. The number of fused-ring (bicyclic) bond motifs is 1. The summed E-state index contributed by atoms with van der Waals surface area (Å²) in [4.78, 5) is 32.6. The van der Waals surface area contributed by atoms with Crippen molar-refractivity contribution >= 4 is 73.2 Å². The Morgan fingerprint density at radius 2 is 2.26 bits per heavy atom. The first kappa shape index (κ1) is 22.7. The summed E-state index contributed by atoms with van der Waals surface area (Å²) in [5, 5.41) is 1.94. The molecule has 0 amide bonds. The first-order valence-corrected chi connectivity index (χ1v) is 13.2. The van der Waals surface area contributed by atoms with E-state index in [2.05, 4.69) is 38.5 Å². The highest BCUT2D eigenvalue weighted by Crippen LogP contribution is 2.34. The third kappa shape index (κ3) is 4.39. The number of carbonyl (C=O) groups is 1. The molecule has 0 radical (unpaired) electrons. The van der Waals surface area contributed by atoms with Gasteiger partial charge in [-0.3, -0.25) is 9.36 Å². The highest BCUT2D eigenvalue weighted by molar-refractivity contribution is 14.1. The van der Waals surface area contributed by atoms with Crippen molar-refractivity contribution in [1.29, 1.82) is 0 Å². The lowest BCUT2D eigenvalue weighted by molar-refractivity contribution is -0.139. The minimum absolute atomic E-state index is 0.206. The number of ether oxygens (including phenoxy) is 1. The molecule has 0 saturated carbocycles. The molecule has 0 fully saturated rings. The largest absolute Gasteiger partial charge is 0.463 e. The number of allylic oxidation sites excluding steroid dienone is 1. The minimum atomic E-state index is -0.553. The number of aromatic nitrogens is 1. The lowest BCUT2D eigenvalue weighted by Gasteiger charge is -2.24. The average Bonchev–Trinajstić information content (AvgIpc) is 3.43. The monoisotopic (exact) mass is 632 g/mol. The number of halogens is 2. The van der Waals surface area contributed by atoms with Crippen molar-refractivity contribution in [3.63, 3.8) is 0 Å². The van der Waals surface area contributed by atoms with Gasteiger partial charge in [-0.25, -0.2) is 9.79 Å². The number of furan rings is 1. The molecule has 1 aliphatic heterocycles. The van der Waals surface area contributed by atoms with Gasteiger partial charge in [-0.15, -0.1) is 11.3 Å². The molecular weight excluding hydrogens is 615 g/mol. The second-order valence-corrected chi connectivity index (χ2v) is 10.5. The summed E-state index contributed by atoms with van der Waals surface area (Å²) in [6.45, 7) is 4.07. The van der Waals surface area contributed by atoms with Crippen LogP contribution in [0.15, 0.2) is 53.5 Å². The van der Waals surface area contributed by atoms with Crippen molar-refractivity contribution in [3.8, 4) is 0 Å². The fourth-order valence-electron chi connectivity index (χ4n) is 3.40. The molecule has 31 heavy (non-hydrogen) atoms. The molecule has 6 nitrogen and oxygen atoms in total. The predicted octanol–water partition coefficient (Wildman–Crippen LogP) is 4.60. The molecule has 1 atom stereocenters. The molecule has 0 unspecified atom stereocenters. The standard InChI is InChI=1S/C21H18BrIN2O4S2/c1-3-6-13-16(20(27)28-4-2)17(14-7-5-8-30-14)25-19(26)15(31-21(25)24-13)10-11-9-12(22)18(23)29-11/h5,7-10,17H,3-4,6H2,1-2H3/b15-10+/t17-/m1/s1. The maximum atomic E-state index is 13.5. The van der Waals surface area contributed by atoms with E-state index in [-0.39, 0.29) is 12.2 Å². The number of hydrogen-bond acceptors (Lipinski definition) is 7. The Morgan fingerprint density at radius 1 is 1.45 bits per heavy atom. The number of hydrogen-bond donors (Lipinski definition) is 0. The Hall–Kier alpha value is -1.50. The normalized spacial score (nSPS) is 16.4. The van der Waals surface area contributed by atoms with Gasteiger partial charge in [0.1, 0.15) is 11.8 Å².